The van der Waals surface area contributed by atoms with Crippen LogP contribution in [-0.4, -0.2) is 21.0 Å². The van der Waals surface area contributed by atoms with E-state index in [9.17, 15) is 18.0 Å². The summed E-state index contributed by atoms with van der Waals surface area (Å²) in [5.41, 5.74) is 1.55. The molecular formula is C21H14F3N3O2S. The van der Waals surface area contributed by atoms with Crippen LogP contribution in [0, 0.1) is 0 Å². The molecule has 0 saturated carbocycles. The second kappa shape index (κ2) is 7.75. The van der Waals surface area contributed by atoms with Crippen molar-refractivity contribution in [1.29, 1.82) is 0 Å². The Morgan fingerprint density at radius 3 is 2.37 bits per heavy atom. The number of alkyl halides is 3. The van der Waals surface area contributed by atoms with Crippen LogP contribution in [0.15, 0.2) is 60.7 Å². The molecule has 0 radical (unpaired) electrons. The normalized spacial score (nSPS) is 11.6. The van der Waals surface area contributed by atoms with Crippen molar-refractivity contribution in [3.8, 4) is 11.4 Å². The van der Waals surface area contributed by atoms with Gasteiger partial charge in [-0.2, -0.15) is 13.2 Å². The number of thiophene rings is 1. The number of anilines is 1. The molecule has 2 heterocycles. The van der Waals surface area contributed by atoms with Gasteiger partial charge in [0, 0.05) is 12.1 Å². The molecule has 0 atom stereocenters. The fourth-order valence-electron chi connectivity index (χ4n) is 2.87. The van der Waals surface area contributed by atoms with Crippen molar-refractivity contribution in [1.82, 2.24) is 9.97 Å². The number of nitrogens with zero attached hydrogens (tertiary/aromatic N) is 2. The maximum atomic E-state index is 13.2. The van der Waals surface area contributed by atoms with E-state index in [1.807, 2.05) is 30.3 Å². The van der Waals surface area contributed by atoms with E-state index in [0.29, 0.717) is 23.4 Å². The summed E-state index contributed by atoms with van der Waals surface area (Å²) in [6.45, 7) is 0.377. The number of fused-ring (bicyclic) bond motifs is 1. The van der Waals surface area contributed by atoms with Gasteiger partial charge in [-0.1, -0.05) is 42.5 Å². The first-order valence-corrected chi connectivity index (χ1v) is 9.63. The summed E-state index contributed by atoms with van der Waals surface area (Å²) in [5.74, 6) is -0.574. The quantitative estimate of drug-likeness (QED) is 0.426. The first-order chi connectivity index (χ1) is 14.3. The Labute approximate surface area is 172 Å². The van der Waals surface area contributed by atoms with Gasteiger partial charge < -0.3 is 10.4 Å². The van der Waals surface area contributed by atoms with Crippen LogP contribution in [0.4, 0.5) is 19.0 Å². The minimum atomic E-state index is -4.48. The molecule has 0 spiro atoms. The topological polar surface area (TPSA) is 75.1 Å². The lowest BCUT2D eigenvalue weighted by molar-refractivity contribution is -0.134. The molecule has 0 aliphatic rings. The molecule has 2 aromatic carbocycles. The third-order valence-electron chi connectivity index (χ3n) is 4.36. The van der Waals surface area contributed by atoms with Crippen LogP contribution in [0.5, 0.6) is 0 Å². The van der Waals surface area contributed by atoms with E-state index in [1.54, 1.807) is 0 Å². The molecule has 0 unspecified atom stereocenters. The van der Waals surface area contributed by atoms with E-state index in [0.717, 1.165) is 11.6 Å². The number of rotatable bonds is 5. The van der Waals surface area contributed by atoms with Gasteiger partial charge in [-0.05, 0) is 23.8 Å². The highest BCUT2D eigenvalue weighted by atomic mass is 32.1. The van der Waals surface area contributed by atoms with Crippen LogP contribution in [0.1, 0.15) is 20.8 Å². The van der Waals surface area contributed by atoms with E-state index >= 15 is 0 Å². The van der Waals surface area contributed by atoms with Gasteiger partial charge in [0.2, 0.25) is 0 Å². The maximum absolute atomic E-state index is 13.2. The van der Waals surface area contributed by atoms with Gasteiger partial charge in [0.25, 0.3) is 0 Å². The van der Waals surface area contributed by atoms with Crippen LogP contribution in [0.3, 0.4) is 0 Å². The van der Waals surface area contributed by atoms with E-state index < -0.39 is 17.0 Å². The average Bonchev–Trinajstić information content (AvgIpc) is 3.18. The second-order valence-electron chi connectivity index (χ2n) is 6.44. The van der Waals surface area contributed by atoms with Gasteiger partial charge in [-0.15, -0.1) is 11.3 Å². The molecule has 0 fully saturated rings. The fraction of sp³-hybridized carbons (Fsp3) is 0.0952. The smallest absolute Gasteiger partial charge is 0.425 e. The summed E-state index contributed by atoms with van der Waals surface area (Å²) in [6.07, 6.45) is -4.48. The Kier molecular flexibility index (Phi) is 5.13. The minimum Gasteiger partial charge on any atom is -0.478 e. The molecule has 0 amide bonds. The molecule has 4 rings (SSSR count). The van der Waals surface area contributed by atoms with Crippen molar-refractivity contribution in [2.75, 3.05) is 5.32 Å². The highest BCUT2D eigenvalue weighted by molar-refractivity contribution is 7.18. The Morgan fingerprint density at radius 2 is 1.73 bits per heavy atom. The molecule has 0 bridgehead atoms. The van der Waals surface area contributed by atoms with E-state index in [-0.39, 0.29) is 27.4 Å². The largest absolute Gasteiger partial charge is 0.478 e. The number of aromatic carboxylic acids is 1. The van der Waals surface area contributed by atoms with Gasteiger partial charge in [0.15, 0.2) is 5.82 Å². The Morgan fingerprint density at radius 1 is 1.03 bits per heavy atom. The Hall–Kier alpha value is -3.46. The number of carboxylic acids is 1. The van der Waals surface area contributed by atoms with Crippen LogP contribution < -0.4 is 5.32 Å². The molecule has 0 aliphatic carbocycles. The van der Waals surface area contributed by atoms with Gasteiger partial charge in [-0.25, -0.2) is 14.8 Å². The number of carbonyl (C=O) groups is 1. The molecule has 30 heavy (non-hydrogen) atoms. The number of hydrogen-bond acceptors (Lipinski definition) is 5. The number of benzene rings is 2. The fourth-order valence-corrected chi connectivity index (χ4v) is 3.77. The lowest BCUT2D eigenvalue weighted by atomic mass is 10.1. The first-order valence-electron chi connectivity index (χ1n) is 8.81. The Balaban J connectivity index is 1.78. The molecule has 9 heteroatoms. The zero-order valence-corrected chi connectivity index (χ0v) is 16.1. The number of carboxylic acid groups (broad SMARTS) is 1. The summed E-state index contributed by atoms with van der Waals surface area (Å²) in [5, 5.41) is 12.4. The van der Waals surface area contributed by atoms with E-state index in [4.69, 9.17) is 5.11 Å². The average molecular weight is 429 g/mol. The van der Waals surface area contributed by atoms with Crippen LogP contribution in [0.2, 0.25) is 0 Å². The maximum Gasteiger partial charge on any atom is 0.425 e. The monoisotopic (exact) mass is 429 g/mol. The summed E-state index contributed by atoms with van der Waals surface area (Å²) in [6, 6.07) is 16.3. The SMILES string of the molecule is O=C(O)c1ccc(-c2nc(NCc3ccccc3)c3cc(C(F)(F)F)sc3n2)cc1. The second-order valence-corrected chi connectivity index (χ2v) is 7.48. The molecule has 152 valence electrons. The van der Waals surface area contributed by atoms with Crippen LogP contribution >= 0.6 is 11.3 Å². The van der Waals surface area contributed by atoms with Crippen LogP contribution in [-0.2, 0) is 12.7 Å². The molecule has 0 aliphatic heterocycles. The lowest BCUT2D eigenvalue weighted by Gasteiger charge is -2.09. The third-order valence-corrected chi connectivity index (χ3v) is 5.44. The van der Waals surface area contributed by atoms with Crippen molar-refractivity contribution in [2.24, 2.45) is 0 Å². The summed E-state index contributed by atoms with van der Waals surface area (Å²) in [7, 11) is 0. The predicted octanol–water partition coefficient (Wildman–Crippen LogP) is 5.69. The predicted molar refractivity (Wildman–Crippen MR) is 109 cm³/mol. The molecule has 5 nitrogen and oxygen atoms in total. The highest BCUT2D eigenvalue weighted by Crippen LogP contribution is 2.40. The summed E-state index contributed by atoms with van der Waals surface area (Å²) in [4.78, 5) is 19.2. The molecule has 4 aromatic rings. The number of hydrogen-bond donors (Lipinski definition) is 2. The minimum absolute atomic E-state index is 0.0951. The zero-order valence-electron chi connectivity index (χ0n) is 15.3. The highest BCUT2D eigenvalue weighted by Gasteiger charge is 2.33. The van der Waals surface area contributed by atoms with Gasteiger partial charge in [0.05, 0.1) is 10.9 Å². The van der Waals surface area contributed by atoms with E-state index in [1.165, 1.54) is 24.3 Å². The van der Waals surface area contributed by atoms with Crippen molar-refractivity contribution in [3.63, 3.8) is 0 Å². The van der Waals surface area contributed by atoms with Crippen molar-refractivity contribution in [2.45, 2.75) is 12.7 Å². The van der Waals surface area contributed by atoms with Crippen molar-refractivity contribution in [3.05, 3.63) is 76.7 Å². The van der Waals surface area contributed by atoms with Crippen molar-refractivity contribution >= 4 is 33.3 Å². The lowest BCUT2D eigenvalue weighted by Crippen LogP contribution is -2.04. The first kappa shape index (κ1) is 19.8. The number of aromatic nitrogens is 2. The third kappa shape index (κ3) is 4.11. The number of nitrogens with one attached hydrogen (secondary N) is 1. The van der Waals surface area contributed by atoms with Gasteiger partial charge in [0.1, 0.15) is 15.5 Å². The molecule has 0 saturated heterocycles. The van der Waals surface area contributed by atoms with Gasteiger partial charge >= 0.3 is 12.1 Å². The molecule has 2 aromatic heterocycles. The Bertz CT molecular complexity index is 1210. The van der Waals surface area contributed by atoms with E-state index in [2.05, 4.69) is 15.3 Å². The zero-order chi connectivity index (χ0) is 21.3. The van der Waals surface area contributed by atoms with Crippen LogP contribution in [0.25, 0.3) is 21.6 Å². The molecular weight excluding hydrogens is 415 g/mol. The van der Waals surface area contributed by atoms with Crippen molar-refractivity contribution < 1.29 is 23.1 Å². The van der Waals surface area contributed by atoms with Gasteiger partial charge in [-0.3, -0.25) is 0 Å². The standard InChI is InChI=1S/C21H14F3N3O2S/c22-21(23,24)16-10-15-18(25-11-12-4-2-1-3-5-12)26-17(27-19(15)30-16)13-6-8-14(9-7-13)20(28)29/h1-10H,11H2,(H,28,29)(H,25,26,27). The number of halogens is 3. The summed E-state index contributed by atoms with van der Waals surface area (Å²) >= 11 is 0.547. The molecule has 2 N–H and O–H groups in total. The summed E-state index contributed by atoms with van der Waals surface area (Å²) < 4.78 is 39.7.